The molecule has 0 aliphatic carbocycles. The fourth-order valence-corrected chi connectivity index (χ4v) is 5.25. The zero-order valence-corrected chi connectivity index (χ0v) is 20.1. The number of amides is 3. The van der Waals surface area contributed by atoms with Gasteiger partial charge in [-0.3, -0.25) is 24.2 Å². The van der Waals surface area contributed by atoms with E-state index >= 15 is 0 Å². The van der Waals surface area contributed by atoms with Gasteiger partial charge in [0, 0.05) is 18.4 Å². The van der Waals surface area contributed by atoms with Crippen molar-refractivity contribution < 1.29 is 19.1 Å². The highest BCUT2D eigenvalue weighted by molar-refractivity contribution is 8.26. The van der Waals surface area contributed by atoms with Crippen molar-refractivity contribution in [2.45, 2.75) is 13.8 Å². The van der Waals surface area contributed by atoms with E-state index in [-0.39, 0.29) is 34.7 Å². The average Bonchev–Trinajstić information content (AvgIpc) is 3.21. The highest BCUT2D eigenvalue weighted by Gasteiger charge is 2.42. The molecule has 7 nitrogen and oxygen atoms in total. The van der Waals surface area contributed by atoms with Crippen molar-refractivity contribution in [2.24, 2.45) is 0 Å². The van der Waals surface area contributed by atoms with E-state index in [9.17, 15) is 14.4 Å². The molecule has 4 rings (SSSR count). The molecule has 170 valence electrons. The largest absolute Gasteiger partial charge is 0.383 e. The van der Waals surface area contributed by atoms with Crippen molar-refractivity contribution in [3.8, 4) is 0 Å². The molecule has 0 radical (unpaired) electrons. The van der Waals surface area contributed by atoms with Crippen LogP contribution >= 0.6 is 24.0 Å². The summed E-state index contributed by atoms with van der Waals surface area (Å²) in [6.45, 7) is 4.39. The van der Waals surface area contributed by atoms with Crippen LogP contribution in [0.2, 0.25) is 0 Å². The number of methoxy groups -OCH3 is 1. The Morgan fingerprint density at radius 1 is 1.09 bits per heavy atom. The quantitative estimate of drug-likeness (QED) is 0.503. The third kappa shape index (κ3) is 4.44. The van der Waals surface area contributed by atoms with Crippen LogP contribution in [0.5, 0.6) is 0 Å². The molecule has 0 unspecified atom stereocenters. The number of benzene rings is 2. The van der Waals surface area contributed by atoms with Crippen molar-refractivity contribution in [3.63, 3.8) is 0 Å². The van der Waals surface area contributed by atoms with Crippen LogP contribution in [0.3, 0.4) is 0 Å². The number of aryl methyl sites for hydroxylation is 2. The summed E-state index contributed by atoms with van der Waals surface area (Å²) in [4.78, 5) is 42.5. The Labute approximate surface area is 201 Å². The number of anilines is 2. The molecule has 1 N–H and O–H groups in total. The average molecular weight is 482 g/mol. The zero-order valence-electron chi connectivity index (χ0n) is 18.5. The minimum Gasteiger partial charge on any atom is -0.383 e. The van der Waals surface area contributed by atoms with E-state index in [1.165, 1.54) is 9.80 Å². The molecule has 1 fully saturated rings. The number of thioether (sulfide) groups is 1. The van der Waals surface area contributed by atoms with E-state index in [0.29, 0.717) is 34.4 Å². The van der Waals surface area contributed by atoms with E-state index in [0.717, 1.165) is 22.9 Å². The maximum atomic E-state index is 13.5. The Morgan fingerprint density at radius 3 is 2.58 bits per heavy atom. The van der Waals surface area contributed by atoms with Gasteiger partial charge in [-0.25, -0.2) is 0 Å². The summed E-state index contributed by atoms with van der Waals surface area (Å²) in [5.41, 5.74) is 4.23. The smallest absolute Gasteiger partial charge is 0.267 e. The van der Waals surface area contributed by atoms with Gasteiger partial charge in [0.15, 0.2) is 0 Å². The molecule has 2 aliphatic rings. The topological polar surface area (TPSA) is 79.0 Å². The highest BCUT2D eigenvalue weighted by atomic mass is 32.2. The van der Waals surface area contributed by atoms with Crippen LogP contribution in [-0.2, 0) is 19.1 Å². The molecule has 0 bridgehead atoms. The lowest BCUT2D eigenvalue weighted by Crippen LogP contribution is -2.36. The number of nitrogens with zero attached hydrogens (tertiary/aromatic N) is 2. The van der Waals surface area contributed by atoms with E-state index < -0.39 is 0 Å². The number of ether oxygens (including phenoxy) is 1. The number of fused-ring (bicyclic) bond motifs is 1. The van der Waals surface area contributed by atoms with Crippen LogP contribution in [-0.4, -0.2) is 53.7 Å². The third-order valence-electron chi connectivity index (χ3n) is 5.48. The van der Waals surface area contributed by atoms with Crippen molar-refractivity contribution in [2.75, 3.05) is 37.0 Å². The summed E-state index contributed by atoms with van der Waals surface area (Å²) >= 11 is 6.47. The summed E-state index contributed by atoms with van der Waals surface area (Å²) in [5, 5.41) is 2.88. The van der Waals surface area contributed by atoms with Crippen LogP contribution in [0.4, 0.5) is 11.4 Å². The Morgan fingerprint density at radius 2 is 1.85 bits per heavy atom. The van der Waals surface area contributed by atoms with Crippen molar-refractivity contribution in [1.82, 2.24) is 4.90 Å². The molecule has 2 aromatic carbocycles. The number of nitrogens with one attached hydrogen (secondary N) is 1. The molecule has 0 spiro atoms. The molecule has 0 saturated carbocycles. The predicted molar refractivity (Wildman–Crippen MR) is 134 cm³/mol. The van der Waals surface area contributed by atoms with Crippen LogP contribution in [0.1, 0.15) is 16.7 Å². The third-order valence-corrected chi connectivity index (χ3v) is 6.92. The summed E-state index contributed by atoms with van der Waals surface area (Å²) in [6.07, 6.45) is 0. The lowest BCUT2D eigenvalue weighted by atomic mass is 10.1. The monoisotopic (exact) mass is 481 g/mol. The van der Waals surface area contributed by atoms with E-state index in [1.807, 2.05) is 32.0 Å². The zero-order chi connectivity index (χ0) is 23.7. The number of hydrogen-bond donors (Lipinski definition) is 1. The first kappa shape index (κ1) is 23.2. The number of para-hydroxylation sites is 1. The van der Waals surface area contributed by atoms with Gasteiger partial charge < -0.3 is 10.1 Å². The van der Waals surface area contributed by atoms with E-state index in [1.54, 1.807) is 31.4 Å². The number of carbonyl (C=O) groups is 3. The summed E-state index contributed by atoms with van der Waals surface area (Å²) in [6, 6.07) is 12.9. The van der Waals surface area contributed by atoms with Gasteiger partial charge in [0.25, 0.3) is 11.8 Å². The number of rotatable bonds is 6. The molecule has 2 aromatic rings. The van der Waals surface area contributed by atoms with Gasteiger partial charge in [0.2, 0.25) is 5.91 Å². The maximum absolute atomic E-state index is 13.5. The van der Waals surface area contributed by atoms with Gasteiger partial charge in [-0.15, -0.1) is 0 Å². The van der Waals surface area contributed by atoms with E-state index in [4.69, 9.17) is 17.0 Å². The Kier molecular flexibility index (Phi) is 6.64. The normalized spacial score (nSPS) is 17.7. The number of thiocarbonyl (C=S) groups is 1. The molecular formula is C24H23N3O4S2. The molecular weight excluding hydrogens is 458 g/mol. The second kappa shape index (κ2) is 9.46. The molecule has 1 saturated heterocycles. The lowest BCUT2D eigenvalue weighted by Gasteiger charge is -2.17. The lowest BCUT2D eigenvalue weighted by molar-refractivity contribution is -0.122. The Bertz CT molecular complexity index is 1210. The first-order valence-electron chi connectivity index (χ1n) is 10.4. The van der Waals surface area contributed by atoms with Gasteiger partial charge in [0.1, 0.15) is 10.9 Å². The van der Waals surface area contributed by atoms with Crippen LogP contribution in [0.25, 0.3) is 5.57 Å². The summed E-state index contributed by atoms with van der Waals surface area (Å²) in [7, 11) is 1.55. The van der Waals surface area contributed by atoms with Crippen molar-refractivity contribution >= 4 is 63.0 Å². The molecule has 0 aromatic heterocycles. The first-order valence-corrected chi connectivity index (χ1v) is 11.6. The number of carbonyl (C=O) groups excluding carboxylic acids is 3. The van der Waals surface area contributed by atoms with Crippen molar-refractivity contribution in [1.29, 1.82) is 0 Å². The first-order chi connectivity index (χ1) is 15.8. The summed E-state index contributed by atoms with van der Waals surface area (Å²) < 4.78 is 5.45. The second-order valence-electron chi connectivity index (χ2n) is 7.80. The van der Waals surface area contributed by atoms with Crippen LogP contribution in [0.15, 0.2) is 47.4 Å². The standard InChI is InChI=1S/C24H23N3O4S2/c1-14-8-9-17(15(2)12-14)25-19(28)13-27-18-7-5-4-6-16(18)20(22(27)29)21-23(30)26(10-11-31-3)24(32)33-21/h4-9,12H,10-11,13H2,1-3H3,(H,25,28)/b21-20-. The van der Waals surface area contributed by atoms with Gasteiger partial charge >= 0.3 is 0 Å². The number of hydrogen-bond acceptors (Lipinski definition) is 6. The Hall–Kier alpha value is -3.01. The van der Waals surface area contributed by atoms with Crippen molar-refractivity contribution in [3.05, 3.63) is 64.1 Å². The molecule has 2 aliphatic heterocycles. The van der Waals surface area contributed by atoms with Crippen LogP contribution < -0.4 is 10.2 Å². The van der Waals surface area contributed by atoms with Gasteiger partial charge in [0.05, 0.1) is 29.3 Å². The Balaban J connectivity index is 1.63. The highest BCUT2D eigenvalue weighted by Crippen LogP contribution is 2.44. The van der Waals surface area contributed by atoms with Gasteiger partial charge in [-0.2, -0.15) is 0 Å². The van der Waals surface area contributed by atoms with Gasteiger partial charge in [-0.1, -0.05) is 59.9 Å². The minimum absolute atomic E-state index is 0.170. The summed E-state index contributed by atoms with van der Waals surface area (Å²) in [5.74, 6) is -1.03. The molecule has 0 atom stereocenters. The van der Waals surface area contributed by atoms with E-state index in [2.05, 4.69) is 5.32 Å². The molecule has 9 heteroatoms. The molecule has 2 heterocycles. The van der Waals surface area contributed by atoms with Gasteiger partial charge in [-0.05, 0) is 31.5 Å². The molecule has 33 heavy (non-hydrogen) atoms. The minimum atomic E-state index is -0.390. The SMILES string of the molecule is COCCN1C(=O)/C(=C2/C(=O)N(CC(=O)Nc3ccc(C)cc3C)c3ccccc32)SC1=S. The maximum Gasteiger partial charge on any atom is 0.267 e. The predicted octanol–water partition coefficient (Wildman–Crippen LogP) is 3.51. The second-order valence-corrected chi connectivity index (χ2v) is 9.44. The fraction of sp³-hybridized carbons (Fsp3) is 0.250. The van der Waals surface area contributed by atoms with Crippen LogP contribution in [0, 0.1) is 13.8 Å². The molecule has 3 amide bonds. The fourth-order valence-electron chi connectivity index (χ4n) is 3.87.